The van der Waals surface area contributed by atoms with Gasteiger partial charge in [0.2, 0.25) is 5.91 Å². The SMILES string of the molecule is CC(=O)NCCNC(=O)c1ccccc1OCc1ccc(Cl)cc1Cl. The first kappa shape index (κ1) is 19.1. The zero-order valence-electron chi connectivity index (χ0n) is 13.6. The normalized spacial score (nSPS) is 10.2. The molecule has 0 bridgehead atoms. The summed E-state index contributed by atoms with van der Waals surface area (Å²) in [6.45, 7) is 2.33. The Bertz CT molecular complexity index is 766. The van der Waals surface area contributed by atoms with Crippen LogP contribution in [0.5, 0.6) is 5.75 Å². The van der Waals surface area contributed by atoms with Gasteiger partial charge in [-0.2, -0.15) is 0 Å². The number of nitrogens with one attached hydrogen (secondary N) is 2. The number of amides is 2. The van der Waals surface area contributed by atoms with Crippen LogP contribution >= 0.6 is 23.2 Å². The van der Waals surface area contributed by atoms with Gasteiger partial charge in [-0.25, -0.2) is 0 Å². The van der Waals surface area contributed by atoms with E-state index in [1.54, 1.807) is 42.5 Å². The molecule has 0 aliphatic heterocycles. The van der Waals surface area contributed by atoms with Gasteiger partial charge in [0.25, 0.3) is 5.91 Å². The van der Waals surface area contributed by atoms with Gasteiger partial charge in [0.15, 0.2) is 0 Å². The van der Waals surface area contributed by atoms with E-state index in [1.165, 1.54) is 6.92 Å². The molecule has 7 heteroatoms. The molecule has 0 saturated heterocycles. The van der Waals surface area contributed by atoms with Gasteiger partial charge < -0.3 is 15.4 Å². The highest BCUT2D eigenvalue weighted by atomic mass is 35.5. The largest absolute Gasteiger partial charge is 0.488 e. The number of hydrogen-bond donors (Lipinski definition) is 2. The van der Waals surface area contributed by atoms with Gasteiger partial charge in [-0.1, -0.05) is 41.4 Å². The molecule has 2 rings (SSSR count). The lowest BCUT2D eigenvalue weighted by molar-refractivity contribution is -0.118. The predicted octanol–water partition coefficient (Wildman–Crippen LogP) is 3.44. The van der Waals surface area contributed by atoms with Crippen LogP contribution < -0.4 is 15.4 Å². The number of benzene rings is 2. The van der Waals surface area contributed by atoms with Crippen LogP contribution in [0.25, 0.3) is 0 Å². The van der Waals surface area contributed by atoms with Crippen molar-refractivity contribution in [2.24, 2.45) is 0 Å². The molecule has 2 amide bonds. The lowest BCUT2D eigenvalue weighted by atomic mass is 10.2. The molecule has 0 radical (unpaired) electrons. The van der Waals surface area contributed by atoms with Crippen molar-refractivity contribution in [3.8, 4) is 5.75 Å². The molecular formula is C18H18Cl2N2O3. The smallest absolute Gasteiger partial charge is 0.255 e. The van der Waals surface area contributed by atoms with E-state index < -0.39 is 0 Å². The molecule has 5 nitrogen and oxygen atoms in total. The van der Waals surface area contributed by atoms with Crippen molar-refractivity contribution >= 4 is 35.0 Å². The van der Waals surface area contributed by atoms with Crippen LogP contribution in [0.1, 0.15) is 22.8 Å². The minimum atomic E-state index is -0.275. The lowest BCUT2D eigenvalue weighted by Gasteiger charge is -2.12. The monoisotopic (exact) mass is 380 g/mol. The summed E-state index contributed by atoms with van der Waals surface area (Å²) in [6.07, 6.45) is 0. The Labute approximate surface area is 156 Å². The third kappa shape index (κ3) is 5.96. The van der Waals surface area contributed by atoms with Gasteiger partial charge >= 0.3 is 0 Å². The Balaban J connectivity index is 1.99. The zero-order valence-corrected chi connectivity index (χ0v) is 15.2. The summed E-state index contributed by atoms with van der Waals surface area (Å²) in [5, 5.41) is 6.40. The number of ether oxygens (including phenoxy) is 1. The maximum atomic E-state index is 12.3. The Morgan fingerprint density at radius 3 is 2.48 bits per heavy atom. The van der Waals surface area contributed by atoms with Crippen LogP contribution in [0.3, 0.4) is 0 Å². The predicted molar refractivity (Wildman–Crippen MR) is 98.3 cm³/mol. The molecule has 25 heavy (non-hydrogen) atoms. The fraction of sp³-hybridized carbons (Fsp3) is 0.222. The molecule has 0 aromatic heterocycles. The Kier molecular flexibility index (Phi) is 7.10. The van der Waals surface area contributed by atoms with Gasteiger partial charge in [0, 0.05) is 35.6 Å². The van der Waals surface area contributed by atoms with Crippen LogP contribution in [-0.4, -0.2) is 24.9 Å². The fourth-order valence-corrected chi connectivity index (χ4v) is 2.55. The summed E-state index contributed by atoms with van der Waals surface area (Å²) in [4.78, 5) is 23.1. The summed E-state index contributed by atoms with van der Waals surface area (Å²) in [6, 6.07) is 12.1. The van der Waals surface area contributed by atoms with E-state index in [4.69, 9.17) is 27.9 Å². The average Bonchev–Trinajstić information content (AvgIpc) is 2.58. The highest BCUT2D eigenvalue weighted by Gasteiger charge is 2.12. The van der Waals surface area contributed by atoms with E-state index >= 15 is 0 Å². The molecule has 0 aliphatic carbocycles. The van der Waals surface area contributed by atoms with Crippen LogP contribution in [0.4, 0.5) is 0 Å². The topological polar surface area (TPSA) is 67.4 Å². The van der Waals surface area contributed by atoms with E-state index in [0.29, 0.717) is 34.4 Å². The molecule has 0 fully saturated rings. The standard InChI is InChI=1S/C18H18Cl2N2O3/c1-12(23)21-8-9-22-18(24)15-4-2-3-5-17(15)25-11-13-6-7-14(19)10-16(13)20/h2-7,10H,8-9,11H2,1H3,(H,21,23)(H,22,24). The van der Waals surface area contributed by atoms with Gasteiger partial charge in [-0.15, -0.1) is 0 Å². The third-order valence-electron chi connectivity index (χ3n) is 3.31. The molecule has 0 unspecified atom stereocenters. The van der Waals surface area contributed by atoms with E-state index in [1.807, 2.05) is 0 Å². The summed E-state index contributed by atoms with van der Waals surface area (Å²) in [7, 11) is 0. The molecule has 2 aromatic carbocycles. The maximum Gasteiger partial charge on any atom is 0.255 e. The van der Waals surface area contributed by atoms with Gasteiger partial charge in [-0.3, -0.25) is 9.59 Å². The number of para-hydroxylation sites is 1. The summed E-state index contributed by atoms with van der Waals surface area (Å²) in [5.41, 5.74) is 1.18. The van der Waals surface area contributed by atoms with E-state index in [9.17, 15) is 9.59 Å². The number of halogens is 2. The number of rotatable bonds is 7. The molecule has 2 aromatic rings. The Morgan fingerprint density at radius 2 is 1.76 bits per heavy atom. The molecule has 0 atom stereocenters. The van der Waals surface area contributed by atoms with Gasteiger partial charge in [-0.05, 0) is 24.3 Å². The molecule has 0 heterocycles. The zero-order chi connectivity index (χ0) is 18.2. The van der Waals surface area contributed by atoms with E-state index in [2.05, 4.69) is 10.6 Å². The van der Waals surface area contributed by atoms with Crippen LogP contribution in [0, 0.1) is 0 Å². The minimum Gasteiger partial charge on any atom is -0.488 e. The Morgan fingerprint density at radius 1 is 1.04 bits per heavy atom. The molecule has 0 spiro atoms. The van der Waals surface area contributed by atoms with Crippen LogP contribution in [0.2, 0.25) is 10.0 Å². The van der Waals surface area contributed by atoms with Gasteiger partial charge in [0.1, 0.15) is 12.4 Å². The number of carbonyl (C=O) groups is 2. The average molecular weight is 381 g/mol. The minimum absolute atomic E-state index is 0.141. The highest BCUT2D eigenvalue weighted by molar-refractivity contribution is 6.35. The van der Waals surface area contributed by atoms with Crippen molar-refractivity contribution in [1.29, 1.82) is 0 Å². The Hall–Kier alpha value is -2.24. The van der Waals surface area contributed by atoms with Crippen LogP contribution in [0.15, 0.2) is 42.5 Å². The van der Waals surface area contributed by atoms with Crippen molar-refractivity contribution in [1.82, 2.24) is 10.6 Å². The second kappa shape index (κ2) is 9.30. The lowest BCUT2D eigenvalue weighted by Crippen LogP contribution is -2.33. The van der Waals surface area contributed by atoms with Gasteiger partial charge in [0.05, 0.1) is 5.56 Å². The molecular weight excluding hydrogens is 363 g/mol. The quantitative estimate of drug-likeness (QED) is 0.722. The highest BCUT2D eigenvalue weighted by Crippen LogP contribution is 2.24. The fourth-order valence-electron chi connectivity index (χ4n) is 2.08. The molecule has 0 aliphatic rings. The molecule has 0 saturated carbocycles. The maximum absolute atomic E-state index is 12.3. The first-order chi connectivity index (χ1) is 12.0. The first-order valence-corrected chi connectivity index (χ1v) is 8.41. The first-order valence-electron chi connectivity index (χ1n) is 7.66. The summed E-state index contributed by atoms with van der Waals surface area (Å²) >= 11 is 12.0. The number of hydrogen-bond acceptors (Lipinski definition) is 3. The van der Waals surface area contributed by atoms with Crippen molar-refractivity contribution in [3.05, 3.63) is 63.6 Å². The molecule has 132 valence electrons. The number of carbonyl (C=O) groups excluding carboxylic acids is 2. The van der Waals surface area contributed by atoms with Crippen molar-refractivity contribution in [2.45, 2.75) is 13.5 Å². The second-order valence-corrected chi connectivity index (χ2v) is 6.10. The summed E-state index contributed by atoms with van der Waals surface area (Å²) < 4.78 is 5.75. The van der Waals surface area contributed by atoms with Crippen molar-refractivity contribution in [3.63, 3.8) is 0 Å². The molecule has 2 N–H and O–H groups in total. The third-order valence-corrected chi connectivity index (χ3v) is 3.90. The second-order valence-electron chi connectivity index (χ2n) is 5.26. The summed E-state index contributed by atoms with van der Waals surface area (Å²) in [5.74, 6) is 0.0338. The van der Waals surface area contributed by atoms with Crippen molar-refractivity contribution in [2.75, 3.05) is 13.1 Å². The van der Waals surface area contributed by atoms with Crippen molar-refractivity contribution < 1.29 is 14.3 Å². The van der Waals surface area contributed by atoms with E-state index in [-0.39, 0.29) is 18.4 Å². The van der Waals surface area contributed by atoms with E-state index in [0.717, 1.165) is 5.56 Å². The van der Waals surface area contributed by atoms with Crippen LogP contribution in [-0.2, 0) is 11.4 Å².